The van der Waals surface area contributed by atoms with Crippen LogP contribution in [-0.4, -0.2) is 79.5 Å². The molecule has 4 atom stereocenters. The van der Waals surface area contributed by atoms with Gasteiger partial charge in [-0.05, 0) is 19.6 Å². The summed E-state index contributed by atoms with van der Waals surface area (Å²) in [6, 6.07) is 0. The molecule has 2 fully saturated rings. The maximum atomic E-state index is 5.85. The van der Waals surface area contributed by atoms with Crippen molar-refractivity contribution >= 4 is 8.32 Å². The minimum absolute atomic E-state index is 0.0167. The Labute approximate surface area is 128 Å². The van der Waals surface area contributed by atoms with Crippen LogP contribution in [0.5, 0.6) is 0 Å². The van der Waals surface area contributed by atoms with E-state index in [1.165, 1.54) is 0 Å². The smallest absolute Gasteiger partial charge is 0.183 e. The highest BCUT2D eigenvalue weighted by molar-refractivity contribution is 6.69. The van der Waals surface area contributed by atoms with Crippen LogP contribution >= 0.6 is 0 Å². The number of ether oxygens (including phenoxy) is 5. The number of rotatable bonds is 9. The topological polar surface area (TPSA) is 55.4 Å². The second-order valence-corrected chi connectivity index (χ2v) is 10.9. The summed E-state index contributed by atoms with van der Waals surface area (Å²) in [5.41, 5.74) is 0. The van der Waals surface area contributed by atoms with Gasteiger partial charge in [0.05, 0.1) is 39.6 Å². The first-order valence-electron chi connectivity index (χ1n) is 7.60. The van der Waals surface area contributed by atoms with Crippen molar-refractivity contribution in [2.75, 3.05) is 46.8 Å². The predicted molar refractivity (Wildman–Crippen MR) is 80.1 cm³/mol. The maximum absolute atomic E-state index is 5.85. The summed E-state index contributed by atoms with van der Waals surface area (Å²) in [4.78, 5) is 0. The molecule has 124 valence electrons. The summed E-state index contributed by atoms with van der Waals surface area (Å²) in [5, 5.41) is 0. The predicted octanol–water partition coefficient (Wildman–Crippen LogP) is 1.05. The van der Waals surface area contributed by atoms with Gasteiger partial charge in [-0.1, -0.05) is 0 Å². The molecule has 0 aromatic rings. The van der Waals surface area contributed by atoms with Gasteiger partial charge in [-0.15, -0.1) is 0 Å². The molecule has 7 heteroatoms. The van der Waals surface area contributed by atoms with Gasteiger partial charge in [-0.3, -0.25) is 0 Å². The molecule has 0 bridgehead atoms. The number of methoxy groups -OCH3 is 1. The summed E-state index contributed by atoms with van der Waals surface area (Å²) in [7, 11) is 0.198. The molecule has 0 N–H and O–H groups in total. The van der Waals surface area contributed by atoms with E-state index < -0.39 is 8.32 Å². The summed E-state index contributed by atoms with van der Waals surface area (Å²) in [6.45, 7) is 10.00. The van der Waals surface area contributed by atoms with Gasteiger partial charge in [0, 0.05) is 7.11 Å². The number of fused-ring (bicyclic) bond motifs is 1. The van der Waals surface area contributed by atoms with Gasteiger partial charge in [0.15, 0.2) is 8.32 Å². The number of hydrogen-bond donors (Lipinski definition) is 0. The minimum atomic E-state index is -1.46. The SMILES string of the molecule is COCCO[C@@H]1CO[C@H]2[C@@H]1OC[C@@H]2OCCO[Si](C)(C)C. The quantitative estimate of drug-likeness (QED) is 0.468. The van der Waals surface area contributed by atoms with Gasteiger partial charge >= 0.3 is 0 Å². The molecular weight excluding hydrogens is 292 g/mol. The Morgan fingerprint density at radius 2 is 1.38 bits per heavy atom. The Bertz CT molecular complexity index is 308. The van der Waals surface area contributed by atoms with E-state index in [1.807, 2.05) is 0 Å². The van der Waals surface area contributed by atoms with Crippen molar-refractivity contribution in [2.45, 2.75) is 44.1 Å². The third kappa shape index (κ3) is 5.28. The first-order chi connectivity index (χ1) is 10.0. The molecule has 2 saturated heterocycles. The fourth-order valence-corrected chi connectivity index (χ4v) is 3.24. The largest absolute Gasteiger partial charge is 0.415 e. The van der Waals surface area contributed by atoms with E-state index in [1.54, 1.807) is 7.11 Å². The molecule has 0 amide bonds. The Morgan fingerprint density at radius 1 is 0.857 bits per heavy atom. The van der Waals surface area contributed by atoms with E-state index in [0.29, 0.717) is 39.6 Å². The standard InChI is InChI=1S/C14H28O6Si/c1-15-5-6-16-11-9-18-14-12(10-19-13(11)14)17-7-8-20-21(2,3)4/h11-14H,5-10H2,1-4H3/t11-,12+,13-,14-/m1/s1. The van der Waals surface area contributed by atoms with Crippen molar-refractivity contribution < 1.29 is 28.1 Å². The highest BCUT2D eigenvalue weighted by atomic mass is 28.4. The van der Waals surface area contributed by atoms with Gasteiger partial charge in [0.25, 0.3) is 0 Å². The van der Waals surface area contributed by atoms with E-state index >= 15 is 0 Å². The van der Waals surface area contributed by atoms with Crippen molar-refractivity contribution in [1.29, 1.82) is 0 Å². The highest BCUT2D eigenvalue weighted by Gasteiger charge is 2.48. The lowest BCUT2D eigenvalue weighted by molar-refractivity contribution is -0.0602. The molecule has 0 saturated carbocycles. The molecule has 0 radical (unpaired) electrons. The maximum Gasteiger partial charge on any atom is 0.183 e. The first-order valence-corrected chi connectivity index (χ1v) is 11.0. The van der Waals surface area contributed by atoms with Crippen molar-refractivity contribution in [3.63, 3.8) is 0 Å². The molecule has 0 aliphatic carbocycles. The van der Waals surface area contributed by atoms with E-state index in [2.05, 4.69) is 19.6 Å². The van der Waals surface area contributed by atoms with Gasteiger partial charge in [-0.2, -0.15) is 0 Å². The zero-order valence-corrected chi connectivity index (χ0v) is 14.5. The molecule has 2 rings (SSSR count). The molecule has 0 spiro atoms. The zero-order valence-electron chi connectivity index (χ0n) is 13.5. The molecule has 0 aromatic heterocycles. The summed E-state index contributed by atoms with van der Waals surface area (Å²) in [6.07, 6.45) is -0.0811. The summed E-state index contributed by atoms with van der Waals surface area (Å²) in [5.74, 6) is 0. The van der Waals surface area contributed by atoms with Crippen LogP contribution in [0.4, 0.5) is 0 Å². The summed E-state index contributed by atoms with van der Waals surface area (Å²) < 4.78 is 33.9. The third-order valence-electron chi connectivity index (χ3n) is 3.53. The van der Waals surface area contributed by atoms with Crippen LogP contribution < -0.4 is 0 Å². The molecule has 0 aromatic carbocycles. The Hall–Kier alpha value is -0.0231. The zero-order chi connectivity index (χ0) is 15.3. The van der Waals surface area contributed by atoms with Gasteiger partial charge in [0.1, 0.15) is 24.4 Å². The van der Waals surface area contributed by atoms with Crippen molar-refractivity contribution in [3.05, 3.63) is 0 Å². The second kappa shape index (κ2) is 8.01. The molecular formula is C14H28O6Si. The summed E-state index contributed by atoms with van der Waals surface area (Å²) >= 11 is 0. The van der Waals surface area contributed by atoms with E-state index in [-0.39, 0.29) is 24.4 Å². The molecule has 21 heavy (non-hydrogen) atoms. The Kier molecular flexibility index (Phi) is 6.61. The Balaban J connectivity index is 1.67. The van der Waals surface area contributed by atoms with E-state index in [0.717, 1.165) is 0 Å². The average molecular weight is 320 g/mol. The molecule has 2 heterocycles. The lowest BCUT2D eigenvalue weighted by Gasteiger charge is -2.20. The number of hydrogen-bond acceptors (Lipinski definition) is 6. The van der Waals surface area contributed by atoms with Crippen LogP contribution in [0.1, 0.15) is 0 Å². The monoisotopic (exact) mass is 320 g/mol. The van der Waals surface area contributed by atoms with E-state index in [9.17, 15) is 0 Å². The first kappa shape index (κ1) is 17.3. The van der Waals surface area contributed by atoms with Crippen LogP contribution in [0.25, 0.3) is 0 Å². The fourth-order valence-electron chi connectivity index (χ4n) is 2.55. The average Bonchev–Trinajstić information content (AvgIpc) is 2.97. The van der Waals surface area contributed by atoms with Gasteiger partial charge in [0.2, 0.25) is 0 Å². The molecule has 6 nitrogen and oxygen atoms in total. The van der Waals surface area contributed by atoms with Gasteiger partial charge < -0.3 is 28.1 Å². The van der Waals surface area contributed by atoms with Crippen molar-refractivity contribution in [1.82, 2.24) is 0 Å². The van der Waals surface area contributed by atoms with Crippen LogP contribution in [0, 0.1) is 0 Å². The highest BCUT2D eigenvalue weighted by Crippen LogP contribution is 2.30. The van der Waals surface area contributed by atoms with Crippen LogP contribution in [0.2, 0.25) is 19.6 Å². The lowest BCUT2D eigenvalue weighted by Crippen LogP contribution is -2.35. The van der Waals surface area contributed by atoms with Crippen molar-refractivity contribution in [2.24, 2.45) is 0 Å². The van der Waals surface area contributed by atoms with Crippen LogP contribution in [-0.2, 0) is 28.1 Å². The van der Waals surface area contributed by atoms with Crippen molar-refractivity contribution in [3.8, 4) is 0 Å². The molecule has 2 aliphatic rings. The minimum Gasteiger partial charge on any atom is -0.415 e. The third-order valence-corrected chi connectivity index (χ3v) is 4.60. The second-order valence-electron chi connectivity index (χ2n) is 6.37. The molecule has 2 aliphatic heterocycles. The lowest BCUT2D eigenvalue weighted by atomic mass is 10.1. The Morgan fingerprint density at radius 3 is 1.86 bits per heavy atom. The van der Waals surface area contributed by atoms with Gasteiger partial charge in [-0.25, -0.2) is 0 Å². The van der Waals surface area contributed by atoms with Crippen LogP contribution in [0.15, 0.2) is 0 Å². The molecule has 0 unspecified atom stereocenters. The van der Waals surface area contributed by atoms with Crippen LogP contribution in [0.3, 0.4) is 0 Å². The fraction of sp³-hybridized carbons (Fsp3) is 1.00. The normalized spacial score (nSPS) is 32.6. The van der Waals surface area contributed by atoms with E-state index in [4.69, 9.17) is 28.1 Å².